The summed E-state index contributed by atoms with van der Waals surface area (Å²) in [5.41, 5.74) is 1.84. The fourth-order valence-electron chi connectivity index (χ4n) is 5.24. The summed E-state index contributed by atoms with van der Waals surface area (Å²) in [6.45, 7) is 9.19. The second kappa shape index (κ2) is 9.31. The summed E-state index contributed by atoms with van der Waals surface area (Å²) in [4.78, 5) is 21.3. The van der Waals surface area contributed by atoms with E-state index >= 15 is 0 Å². The molecule has 6 heteroatoms. The first kappa shape index (κ1) is 24.1. The maximum Gasteiger partial charge on any atom is 0.328 e. The van der Waals surface area contributed by atoms with Crippen molar-refractivity contribution in [3.05, 3.63) is 48.0 Å². The van der Waals surface area contributed by atoms with Gasteiger partial charge in [-0.1, -0.05) is 51.1 Å². The number of carboxylic acid groups (broad SMARTS) is 2. The zero-order chi connectivity index (χ0) is 22.6. The Morgan fingerprint density at radius 2 is 1.67 bits per heavy atom. The van der Waals surface area contributed by atoms with Crippen LogP contribution in [0.2, 0.25) is 0 Å². The van der Waals surface area contributed by atoms with Crippen molar-refractivity contribution in [2.45, 2.75) is 45.6 Å². The van der Waals surface area contributed by atoms with E-state index in [9.17, 15) is 9.59 Å². The van der Waals surface area contributed by atoms with E-state index in [1.54, 1.807) is 0 Å². The number of nitrogens with zero attached hydrogens (tertiary/aromatic N) is 1. The number of hydrogen-bond acceptors (Lipinski definition) is 4. The highest BCUT2D eigenvalue weighted by atomic mass is 16.5. The first-order valence-electron chi connectivity index (χ1n) is 10.4. The number of ether oxygens (including phenoxy) is 1. The van der Waals surface area contributed by atoms with E-state index in [0.29, 0.717) is 17.6 Å². The van der Waals surface area contributed by atoms with Crippen molar-refractivity contribution in [2.24, 2.45) is 16.7 Å². The van der Waals surface area contributed by atoms with Crippen molar-refractivity contribution in [3.8, 4) is 0 Å². The van der Waals surface area contributed by atoms with Crippen LogP contribution >= 0.6 is 0 Å². The standard InChI is InChI=1S/C20H31NO.C4H4O4/c1-18(2)17-11-12-19(18,3)20(15-17,22-14-13-21(4)5)16-9-7-6-8-10-16;5-3(6)1-2-4(7)8/h6-10,17H,11-15H2,1-5H3;1-2H,(H,5,6)(H,7,8)/t17?,19-,20-;/m1./s1. The third-order valence-electron chi connectivity index (χ3n) is 7.36. The quantitative estimate of drug-likeness (QED) is 0.652. The van der Waals surface area contributed by atoms with Crippen LogP contribution in [-0.2, 0) is 19.9 Å². The minimum absolute atomic E-state index is 0.114. The van der Waals surface area contributed by atoms with Gasteiger partial charge in [-0.25, -0.2) is 9.59 Å². The van der Waals surface area contributed by atoms with Gasteiger partial charge >= 0.3 is 11.9 Å². The van der Waals surface area contributed by atoms with E-state index in [2.05, 4.69) is 70.1 Å². The van der Waals surface area contributed by atoms with Crippen LogP contribution in [0.15, 0.2) is 42.5 Å². The lowest BCUT2D eigenvalue weighted by atomic mass is 9.62. The Balaban J connectivity index is 0.000000343. The third kappa shape index (κ3) is 4.60. The molecule has 0 saturated heterocycles. The van der Waals surface area contributed by atoms with Gasteiger partial charge in [0, 0.05) is 24.1 Å². The van der Waals surface area contributed by atoms with Crippen molar-refractivity contribution in [3.63, 3.8) is 0 Å². The van der Waals surface area contributed by atoms with Gasteiger partial charge in [0.2, 0.25) is 0 Å². The Kier molecular flexibility index (Phi) is 7.48. The summed E-state index contributed by atoms with van der Waals surface area (Å²) in [5.74, 6) is -1.74. The van der Waals surface area contributed by atoms with Gasteiger partial charge in [-0.2, -0.15) is 0 Å². The van der Waals surface area contributed by atoms with Gasteiger partial charge in [-0.15, -0.1) is 0 Å². The molecule has 166 valence electrons. The molecule has 0 spiro atoms. The molecule has 0 aliphatic heterocycles. The Morgan fingerprint density at radius 1 is 1.10 bits per heavy atom. The van der Waals surface area contributed by atoms with E-state index in [0.717, 1.165) is 19.1 Å². The zero-order valence-corrected chi connectivity index (χ0v) is 18.7. The van der Waals surface area contributed by atoms with E-state index in [-0.39, 0.29) is 11.0 Å². The maximum absolute atomic E-state index is 9.55. The van der Waals surface area contributed by atoms with Crippen LogP contribution in [0.1, 0.15) is 45.6 Å². The van der Waals surface area contributed by atoms with Crippen LogP contribution in [0.3, 0.4) is 0 Å². The minimum Gasteiger partial charge on any atom is -0.478 e. The van der Waals surface area contributed by atoms with E-state index in [4.69, 9.17) is 14.9 Å². The summed E-state index contributed by atoms with van der Waals surface area (Å²) < 4.78 is 6.72. The molecule has 1 aromatic rings. The lowest BCUT2D eigenvalue weighted by Gasteiger charge is -2.49. The Labute approximate surface area is 179 Å². The molecule has 2 aliphatic carbocycles. The third-order valence-corrected chi connectivity index (χ3v) is 7.36. The van der Waals surface area contributed by atoms with E-state index < -0.39 is 11.9 Å². The average Bonchev–Trinajstić information content (AvgIpc) is 3.00. The Bertz CT molecular complexity index is 757. The fraction of sp³-hybridized carbons (Fsp3) is 0.583. The monoisotopic (exact) mass is 417 g/mol. The molecule has 3 atom stereocenters. The number of aliphatic carboxylic acids is 2. The molecule has 30 heavy (non-hydrogen) atoms. The molecule has 2 aliphatic rings. The highest BCUT2D eigenvalue weighted by Crippen LogP contribution is 2.73. The molecular weight excluding hydrogens is 382 g/mol. The first-order valence-corrected chi connectivity index (χ1v) is 10.4. The normalized spacial score (nSPS) is 29.1. The van der Waals surface area contributed by atoms with Crippen molar-refractivity contribution in [2.75, 3.05) is 27.2 Å². The molecular formula is C24H35NO5. The first-order chi connectivity index (χ1) is 14.0. The Morgan fingerprint density at radius 3 is 2.07 bits per heavy atom. The zero-order valence-electron chi connectivity index (χ0n) is 18.7. The second-order valence-electron chi connectivity index (χ2n) is 9.35. The van der Waals surface area contributed by atoms with Gasteiger partial charge in [0.15, 0.2) is 0 Å². The number of fused-ring (bicyclic) bond motifs is 2. The summed E-state index contributed by atoms with van der Waals surface area (Å²) in [6.07, 6.45) is 4.93. The van der Waals surface area contributed by atoms with Gasteiger partial charge in [0.05, 0.1) is 12.2 Å². The highest BCUT2D eigenvalue weighted by Gasteiger charge is 2.69. The molecule has 2 fully saturated rings. The van der Waals surface area contributed by atoms with Crippen LogP contribution in [-0.4, -0.2) is 54.3 Å². The fourth-order valence-corrected chi connectivity index (χ4v) is 5.24. The number of hydrogen-bond donors (Lipinski definition) is 2. The summed E-state index contributed by atoms with van der Waals surface area (Å²) >= 11 is 0. The van der Waals surface area contributed by atoms with Crippen molar-refractivity contribution in [1.29, 1.82) is 0 Å². The molecule has 1 unspecified atom stereocenters. The van der Waals surface area contributed by atoms with Crippen LogP contribution < -0.4 is 0 Å². The lowest BCUT2D eigenvalue weighted by molar-refractivity contribution is -0.148. The maximum atomic E-state index is 9.55. The minimum atomic E-state index is -1.26. The predicted molar refractivity (Wildman–Crippen MR) is 116 cm³/mol. The molecule has 0 heterocycles. The molecule has 3 rings (SSSR count). The van der Waals surface area contributed by atoms with E-state index in [1.165, 1.54) is 24.8 Å². The molecule has 2 saturated carbocycles. The lowest BCUT2D eigenvalue weighted by Crippen LogP contribution is -2.47. The second-order valence-corrected chi connectivity index (χ2v) is 9.35. The predicted octanol–water partition coefficient (Wildman–Crippen LogP) is 4.02. The van der Waals surface area contributed by atoms with E-state index in [1.807, 2.05) is 0 Å². The molecule has 2 bridgehead atoms. The topological polar surface area (TPSA) is 87.1 Å². The summed E-state index contributed by atoms with van der Waals surface area (Å²) in [5, 5.41) is 15.6. The number of likely N-dealkylation sites (N-methyl/N-ethyl adjacent to an activating group) is 1. The van der Waals surface area contributed by atoms with Crippen LogP contribution in [0.25, 0.3) is 0 Å². The van der Waals surface area contributed by atoms with Crippen molar-refractivity contribution in [1.82, 2.24) is 4.90 Å². The van der Waals surface area contributed by atoms with Crippen molar-refractivity contribution >= 4 is 11.9 Å². The van der Waals surface area contributed by atoms with Gasteiger partial charge in [-0.3, -0.25) is 0 Å². The highest BCUT2D eigenvalue weighted by molar-refractivity contribution is 5.89. The number of carbonyl (C=O) groups is 2. The average molecular weight is 418 g/mol. The molecule has 2 N–H and O–H groups in total. The number of carboxylic acids is 2. The van der Waals surface area contributed by atoms with Gasteiger partial charge in [0.25, 0.3) is 0 Å². The SMILES string of the molecule is CN(C)CCO[C@@]1(c2ccccc2)CC2CC[C@]1(C)C2(C)C.O=C(O)C=CC(=O)O. The number of benzene rings is 1. The Hall–Kier alpha value is -2.18. The number of rotatable bonds is 7. The van der Waals surface area contributed by atoms with Crippen LogP contribution in [0, 0.1) is 16.7 Å². The summed E-state index contributed by atoms with van der Waals surface area (Å²) in [7, 11) is 4.23. The smallest absolute Gasteiger partial charge is 0.328 e. The summed E-state index contributed by atoms with van der Waals surface area (Å²) in [6, 6.07) is 11.0. The van der Waals surface area contributed by atoms with Crippen molar-refractivity contribution < 1.29 is 24.5 Å². The van der Waals surface area contributed by atoms with Gasteiger partial charge < -0.3 is 19.8 Å². The molecule has 0 aromatic heterocycles. The van der Waals surface area contributed by atoms with Crippen LogP contribution in [0.4, 0.5) is 0 Å². The molecule has 1 aromatic carbocycles. The molecule has 0 radical (unpaired) electrons. The van der Waals surface area contributed by atoms with Gasteiger partial charge in [0.1, 0.15) is 0 Å². The van der Waals surface area contributed by atoms with Gasteiger partial charge in [-0.05, 0) is 50.3 Å². The van der Waals surface area contributed by atoms with Crippen LogP contribution in [0.5, 0.6) is 0 Å². The molecule has 0 amide bonds. The largest absolute Gasteiger partial charge is 0.478 e. The molecule has 6 nitrogen and oxygen atoms in total.